The number of carbonyl (C=O) groups excluding carboxylic acids is 1. The van der Waals surface area contributed by atoms with E-state index in [2.05, 4.69) is 20.9 Å². The Morgan fingerprint density at radius 3 is 2.66 bits per heavy atom. The lowest BCUT2D eigenvalue weighted by atomic mass is 10.0. The highest BCUT2D eigenvalue weighted by atomic mass is 16.6. The number of hydrogen-bond donors (Lipinski definition) is 4. The van der Waals surface area contributed by atoms with E-state index in [9.17, 15) is 25.2 Å². The number of nitro groups is 1. The molecule has 1 rings (SSSR count). The Bertz CT molecular complexity index is 774. The third-order valence-electron chi connectivity index (χ3n) is 3.86. The molecule has 1 aromatic heterocycles. The van der Waals surface area contributed by atoms with E-state index >= 15 is 0 Å². The van der Waals surface area contributed by atoms with Crippen LogP contribution in [0.5, 0.6) is 0 Å². The van der Waals surface area contributed by atoms with Gasteiger partial charge in [0.25, 0.3) is 0 Å². The van der Waals surface area contributed by atoms with Gasteiger partial charge in [0.15, 0.2) is 0 Å². The van der Waals surface area contributed by atoms with E-state index in [1.165, 1.54) is 17.0 Å². The number of hydroxylamine groups is 1. The minimum absolute atomic E-state index is 0.0860. The molecule has 182 valence electrons. The van der Waals surface area contributed by atoms with Crippen molar-refractivity contribution in [2.24, 2.45) is 5.16 Å². The van der Waals surface area contributed by atoms with Gasteiger partial charge in [-0.3, -0.25) is 4.84 Å². The number of carbonyl (C=O) groups is 1. The summed E-state index contributed by atoms with van der Waals surface area (Å²) in [4.78, 5) is 30.7. The van der Waals surface area contributed by atoms with Crippen LogP contribution in [0, 0.1) is 10.1 Å². The van der Waals surface area contributed by atoms with Crippen LogP contribution in [0.2, 0.25) is 0 Å². The maximum absolute atomic E-state index is 11.6. The molecule has 0 saturated heterocycles. The fourth-order valence-corrected chi connectivity index (χ4v) is 2.33. The molecule has 1 heterocycles. The Balaban J connectivity index is 2.36. The number of imidazole rings is 1. The quantitative estimate of drug-likeness (QED) is 0.108. The average Bonchev–Trinajstić information content (AvgIpc) is 3.11. The smallest absolute Gasteiger partial charge is 0.434 e. The Morgan fingerprint density at radius 2 is 2.06 bits per heavy atom. The lowest BCUT2D eigenvalue weighted by Crippen LogP contribution is -2.49. The van der Waals surface area contributed by atoms with Crippen LogP contribution in [0.4, 0.5) is 10.7 Å². The maximum Gasteiger partial charge on any atom is 0.434 e. The van der Waals surface area contributed by atoms with Gasteiger partial charge < -0.3 is 35.2 Å². The topological polar surface area (TPSA) is 183 Å². The third-order valence-corrected chi connectivity index (χ3v) is 3.86. The lowest BCUT2D eigenvalue weighted by molar-refractivity contribution is -0.397. The molecule has 0 aliphatic heterocycles. The largest absolute Gasteiger partial charge is 0.444 e. The minimum Gasteiger partial charge on any atom is -0.444 e. The molecule has 14 nitrogen and oxygen atoms in total. The SMILES string of the molecule is CC(C)(C)OC(=O)NCCONC(C)(C)C(COCC(O)Cn1ccnc1[N+](=O)[O-])=NO. The van der Waals surface area contributed by atoms with E-state index in [0.717, 1.165) is 0 Å². The molecule has 0 radical (unpaired) electrons. The zero-order chi connectivity index (χ0) is 24.4. The Morgan fingerprint density at radius 1 is 1.38 bits per heavy atom. The second-order valence-electron chi connectivity index (χ2n) is 8.36. The zero-order valence-electron chi connectivity index (χ0n) is 18.9. The van der Waals surface area contributed by atoms with Gasteiger partial charge in [-0.05, 0) is 39.5 Å². The summed E-state index contributed by atoms with van der Waals surface area (Å²) in [6, 6.07) is 0. The van der Waals surface area contributed by atoms with Crippen molar-refractivity contribution >= 4 is 17.8 Å². The number of aromatic nitrogens is 2. The first kappa shape index (κ1) is 27.2. The summed E-state index contributed by atoms with van der Waals surface area (Å²) in [6.07, 6.45) is 1.03. The molecular weight excluding hydrogens is 428 g/mol. The molecule has 0 saturated carbocycles. The number of amides is 1. The Labute approximate surface area is 185 Å². The summed E-state index contributed by atoms with van der Waals surface area (Å²) in [7, 11) is 0. The summed E-state index contributed by atoms with van der Waals surface area (Å²) in [6.45, 7) is 8.54. The molecule has 1 atom stereocenters. The predicted octanol–water partition coefficient (Wildman–Crippen LogP) is 0.824. The van der Waals surface area contributed by atoms with Crippen LogP contribution >= 0.6 is 0 Å². The number of aliphatic hydroxyl groups is 1. The molecule has 1 amide bonds. The Kier molecular flexibility index (Phi) is 10.5. The Hall–Kier alpha value is -2.81. The van der Waals surface area contributed by atoms with Crippen LogP contribution in [0.3, 0.4) is 0 Å². The molecule has 0 aromatic carbocycles. The molecule has 32 heavy (non-hydrogen) atoms. The molecule has 0 fully saturated rings. The fraction of sp³-hybridized carbons (Fsp3) is 0.722. The molecular formula is C18H32N6O8. The van der Waals surface area contributed by atoms with Crippen LogP contribution in [0.1, 0.15) is 34.6 Å². The molecule has 4 N–H and O–H groups in total. The van der Waals surface area contributed by atoms with Gasteiger partial charge in [-0.25, -0.2) is 9.36 Å². The van der Waals surface area contributed by atoms with E-state index < -0.39 is 28.3 Å². The lowest BCUT2D eigenvalue weighted by Gasteiger charge is -2.26. The highest BCUT2D eigenvalue weighted by Crippen LogP contribution is 2.10. The van der Waals surface area contributed by atoms with E-state index in [-0.39, 0.29) is 44.6 Å². The number of ether oxygens (including phenoxy) is 2. The van der Waals surface area contributed by atoms with E-state index in [1.54, 1.807) is 34.6 Å². The first-order valence-corrected chi connectivity index (χ1v) is 9.84. The van der Waals surface area contributed by atoms with Crippen molar-refractivity contribution in [3.63, 3.8) is 0 Å². The van der Waals surface area contributed by atoms with Crippen molar-refractivity contribution < 1.29 is 34.3 Å². The van der Waals surface area contributed by atoms with Gasteiger partial charge in [0.2, 0.25) is 0 Å². The van der Waals surface area contributed by atoms with Crippen LogP contribution < -0.4 is 10.8 Å². The number of oxime groups is 1. The van der Waals surface area contributed by atoms with Crippen LogP contribution in [0.15, 0.2) is 17.5 Å². The van der Waals surface area contributed by atoms with Gasteiger partial charge in [-0.15, -0.1) is 0 Å². The van der Waals surface area contributed by atoms with Gasteiger partial charge in [0, 0.05) is 6.54 Å². The van der Waals surface area contributed by atoms with E-state index in [4.69, 9.17) is 14.3 Å². The van der Waals surface area contributed by atoms with Crippen LogP contribution in [-0.4, -0.2) is 80.2 Å². The van der Waals surface area contributed by atoms with Crippen LogP contribution in [-0.2, 0) is 20.9 Å². The highest BCUT2D eigenvalue weighted by Gasteiger charge is 2.27. The molecule has 14 heteroatoms. The summed E-state index contributed by atoms with van der Waals surface area (Å²) in [5.41, 5.74) is 1.36. The summed E-state index contributed by atoms with van der Waals surface area (Å²) >= 11 is 0. The monoisotopic (exact) mass is 460 g/mol. The maximum atomic E-state index is 11.6. The van der Waals surface area contributed by atoms with E-state index in [0.29, 0.717) is 0 Å². The molecule has 1 unspecified atom stereocenters. The molecule has 0 aliphatic rings. The van der Waals surface area contributed by atoms with Gasteiger partial charge >= 0.3 is 12.0 Å². The summed E-state index contributed by atoms with van der Waals surface area (Å²) in [5, 5.41) is 36.0. The summed E-state index contributed by atoms with van der Waals surface area (Å²) in [5.74, 6) is -0.384. The number of alkyl carbamates (subject to hydrolysis) is 1. The van der Waals surface area contributed by atoms with Crippen molar-refractivity contribution in [3.05, 3.63) is 22.5 Å². The molecule has 0 aliphatic carbocycles. The predicted molar refractivity (Wildman–Crippen MR) is 112 cm³/mol. The summed E-state index contributed by atoms with van der Waals surface area (Å²) < 4.78 is 11.7. The highest BCUT2D eigenvalue weighted by molar-refractivity contribution is 5.93. The second-order valence-corrected chi connectivity index (χ2v) is 8.36. The molecule has 0 spiro atoms. The first-order chi connectivity index (χ1) is 14.9. The minimum atomic E-state index is -1.05. The second kappa shape index (κ2) is 12.3. The van der Waals surface area contributed by atoms with E-state index in [1.807, 2.05) is 0 Å². The number of hydrogen-bond acceptors (Lipinski definition) is 11. The normalized spacial score (nSPS) is 13.6. The van der Waals surface area contributed by atoms with Crippen molar-refractivity contribution in [1.29, 1.82) is 0 Å². The van der Waals surface area contributed by atoms with Gasteiger partial charge in [-0.2, -0.15) is 5.48 Å². The average molecular weight is 460 g/mol. The zero-order valence-corrected chi connectivity index (χ0v) is 18.9. The van der Waals surface area contributed by atoms with Gasteiger partial charge in [-0.1, -0.05) is 10.1 Å². The van der Waals surface area contributed by atoms with Gasteiger partial charge in [0.1, 0.15) is 29.8 Å². The standard InChI is InChI=1S/C18H32N6O8/c1-17(2,3)32-16(26)20-7-9-31-22-18(4,5)14(21-27)12-30-11-13(25)10-23-8-6-19-15(23)24(28)29/h6,8,13,22,25,27H,7,9-12H2,1-5H3,(H,20,26). The van der Waals surface area contributed by atoms with Gasteiger partial charge in [0.05, 0.1) is 31.9 Å². The van der Waals surface area contributed by atoms with Crippen LogP contribution in [0.25, 0.3) is 0 Å². The number of nitrogens with one attached hydrogen (secondary N) is 2. The third kappa shape index (κ3) is 10.00. The van der Waals surface area contributed by atoms with Crippen molar-refractivity contribution in [3.8, 4) is 0 Å². The number of rotatable bonds is 13. The number of nitrogens with zero attached hydrogens (tertiary/aromatic N) is 4. The van der Waals surface area contributed by atoms with Crippen molar-refractivity contribution in [2.75, 3.05) is 26.4 Å². The van der Waals surface area contributed by atoms with Crippen molar-refractivity contribution in [2.45, 2.75) is 58.4 Å². The fourth-order valence-electron chi connectivity index (χ4n) is 2.33. The molecule has 1 aromatic rings. The molecule has 0 bridgehead atoms. The first-order valence-electron chi connectivity index (χ1n) is 9.84. The van der Waals surface area contributed by atoms with Crippen molar-refractivity contribution in [1.82, 2.24) is 20.3 Å². The number of aliphatic hydroxyl groups excluding tert-OH is 1.